The van der Waals surface area contributed by atoms with Crippen LogP contribution in [0.3, 0.4) is 0 Å². The van der Waals surface area contributed by atoms with Crippen LogP contribution in [0.1, 0.15) is 39.5 Å². The van der Waals surface area contributed by atoms with Crippen LogP contribution in [0, 0.1) is 20.2 Å². The maximum Gasteiger partial charge on any atom is 0.270 e. The molecule has 2 N–H and O–H groups in total. The molecule has 2 aliphatic carbocycles. The minimum absolute atomic E-state index is 0. The van der Waals surface area contributed by atoms with Crippen molar-refractivity contribution in [1.82, 2.24) is 10.6 Å². The predicted octanol–water partition coefficient (Wildman–Crippen LogP) is 3.12. The number of rotatable bonds is 10. The number of unbranched alkanes of at least 4 members (excludes halogenated alkanes) is 2. The Bertz CT molecular complexity index is 842. The molecule has 0 heterocycles. The van der Waals surface area contributed by atoms with Crippen LogP contribution in [0.2, 0.25) is 0 Å². The van der Waals surface area contributed by atoms with Gasteiger partial charge in [-0.1, -0.05) is 26.7 Å². The minimum atomic E-state index is -0.511. The molecule has 10 nitrogen and oxygen atoms in total. The zero-order chi connectivity index (χ0) is 23.9. The van der Waals surface area contributed by atoms with Crippen molar-refractivity contribution in [2.75, 3.05) is 13.1 Å². The van der Waals surface area contributed by atoms with Crippen molar-refractivity contribution in [3.63, 3.8) is 0 Å². The maximum absolute atomic E-state index is 11.4. The van der Waals surface area contributed by atoms with Gasteiger partial charge in [-0.3, -0.25) is 29.8 Å². The minimum Gasteiger partial charge on any atom is -0.390 e. The van der Waals surface area contributed by atoms with Crippen molar-refractivity contribution in [2.45, 2.75) is 39.5 Å². The van der Waals surface area contributed by atoms with Gasteiger partial charge >= 0.3 is 0 Å². The average molecular weight is 503 g/mol. The summed E-state index contributed by atoms with van der Waals surface area (Å²) < 4.78 is 0. The third-order valence-corrected chi connectivity index (χ3v) is 4.27. The van der Waals surface area contributed by atoms with Crippen LogP contribution in [0.5, 0.6) is 0 Å². The Morgan fingerprint density at radius 1 is 0.758 bits per heavy atom. The van der Waals surface area contributed by atoms with Crippen LogP contribution < -0.4 is 10.6 Å². The molecular formula is C22H28N4NiO6. The Hall–Kier alpha value is -3.33. The van der Waals surface area contributed by atoms with Crippen molar-refractivity contribution in [3.05, 3.63) is 91.6 Å². The summed E-state index contributed by atoms with van der Waals surface area (Å²) in [7, 11) is 0. The largest absolute Gasteiger partial charge is 0.390 e. The van der Waals surface area contributed by atoms with Gasteiger partial charge in [0.25, 0.3) is 11.4 Å². The van der Waals surface area contributed by atoms with Crippen molar-refractivity contribution in [1.29, 1.82) is 0 Å². The molecule has 0 amide bonds. The fourth-order valence-corrected chi connectivity index (χ4v) is 2.45. The van der Waals surface area contributed by atoms with Gasteiger partial charge in [0.05, 0.1) is 9.85 Å². The van der Waals surface area contributed by atoms with E-state index in [9.17, 15) is 29.8 Å². The molecule has 0 spiro atoms. The fourth-order valence-electron chi connectivity index (χ4n) is 2.45. The second kappa shape index (κ2) is 16.3. The zero-order valence-corrected chi connectivity index (χ0v) is 19.5. The Labute approximate surface area is 202 Å². The van der Waals surface area contributed by atoms with Crippen LogP contribution in [-0.2, 0) is 26.1 Å². The normalized spacial score (nSPS) is 16.9. The molecule has 0 saturated carbocycles. The first-order valence-corrected chi connectivity index (χ1v) is 10.3. The maximum atomic E-state index is 11.4. The summed E-state index contributed by atoms with van der Waals surface area (Å²) in [6.07, 6.45) is 14.6. The summed E-state index contributed by atoms with van der Waals surface area (Å²) in [6.45, 7) is 5.65. The van der Waals surface area contributed by atoms with Crippen LogP contribution in [-0.4, -0.2) is 34.5 Å². The molecular weight excluding hydrogens is 475 g/mol. The van der Waals surface area contributed by atoms with Crippen LogP contribution in [0.4, 0.5) is 0 Å². The molecule has 0 aromatic carbocycles. The number of allylic oxidation sites excluding steroid dienone is 8. The van der Waals surface area contributed by atoms with Gasteiger partial charge < -0.3 is 10.6 Å². The summed E-state index contributed by atoms with van der Waals surface area (Å²) in [5.74, 6) is -0.427. The van der Waals surface area contributed by atoms with Crippen LogP contribution in [0.15, 0.2) is 71.4 Å². The first kappa shape index (κ1) is 29.7. The Morgan fingerprint density at radius 2 is 1.12 bits per heavy atom. The third-order valence-electron chi connectivity index (χ3n) is 4.27. The smallest absolute Gasteiger partial charge is 0.270 e. The van der Waals surface area contributed by atoms with Gasteiger partial charge in [0.2, 0.25) is 0 Å². The van der Waals surface area contributed by atoms with Crippen LogP contribution >= 0.6 is 0 Å². The SMILES string of the molecule is CCCCN/C=C1/C=C([N+](=O)[O-])C=CC1=O.CCCCN/C=C1/C=C([N+](=O)[O-])C=CC1=O.[Ni]. The summed E-state index contributed by atoms with van der Waals surface area (Å²) >= 11 is 0. The quantitative estimate of drug-likeness (QED) is 0.152. The summed E-state index contributed by atoms with van der Waals surface area (Å²) in [6, 6.07) is 0. The monoisotopic (exact) mass is 502 g/mol. The molecule has 0 aromatic rings. The topological polar surface area (TPSA) is 144 Å². The van der Waals surface area contributed by atoms with E-state index in [1.54, 1.807) is 0 Å². The number of nitrogens with one attached hydrogen (secondary N) is 2. The molecule has 0 bridgehead atoms. The molecule has 0 atom stereocenters. The van der Waals surface area contributed by atoms with Gasteiger partial charge in [-0.15, -0.1) is 0 Å². The van der Waals surface area contributed by atoms with E-state index in [0.717, 1.165) is 38.8 Å². The second-order valence-corrected chi connectivity index (χ2v) is 6.86. The Balaban J connectivity index is 0.000000602. The molecule has 0 aromatic heterocycles. The predicted molar refractivity (Wildman–Crippen MR) is 120 cm³/mol. The van der Waals surface area contributed by atoms with E-state index < -0.39 is 9.85 Å². The molecule has 2 aliphatic rings. The van der Waals surface area contributed by atoms with E-state index >= 15 is 0 Å². The molecule has 33 heavy (non-hydrogen) atoms. The van der Waals surface area contributed by atoms with Crippen LogP contribution in [0.25, 0.3) is 0 Å². The number of carbonyl (C=O) groups excluding carboxylic acids is 2. The van der Waals surface area contributed by atoms with E-state index in [2.05, 4.69) is 24.5 Å². The van der Waals surface area contributed by atoms with E-state index in [4.69, 9.17) is 0 Å². The summed E-state index contributed by atoms with van der Waals surface area (Å²) in [5, 5.41) is 26.9. The molecule has 0 aliphatic heterocycles. The molecule has 11 heteroatoms. The van der Waals surface area contributed by atoms with Crippen molar-refractivity contribution < 1.29 is 35.9 Å². The molecule has 0 radical (unpaired) electrons. The van der Waals surface area contributed by atoms with Gasteiger partial charge in [-0.2, -0.15) is 0 Å². The number of nitrogens with zero attached hydrogens (tertiary/aromatic N) is 2. The van der Waals surface area contributed by atoms with E-state index in [1.807, 2.05) is 0 Å². The first-order chi connectivity index (χ1) is 15.3. The van der Waals surface area contributed by atoms with Gasteiger partial charge in [0.1, 0.15) is 0 Å². The number of hydrogen-bond acceptors (Lipinski definition) is 8. The van der Waals surface area contributed by atoms with Crippen molar-refractivity contribution in [2.24, 2.45) is 0 Å². The summed E-state index contributed by atoms with van der Waals surface area (Å²) in [5.41, 5.74) is 0.516. The number of ketones is 2. The zero-order valence-electron chi connectivity index (χ0n) is 18.5. The second-order valence-electron chi connectivity index (χ2n) is 6.86. The Morgan fingerprint density at radius 3 is 1.42 bits per heavy atom. The Kier molecular flexibility index (Phi) is 14.7. The first-order valence-electron chi connectivity index (χ1n) is 10.3. The summed E-state index contributed by atoms with van der Waals surface area (Å²) in [4.78, 5) is 42.7. The molecule has 0 saturated heterocycles. The number of nitro groups is 2. The molecule has 0 fully saturated rings. The van der Waals surface area contributed by atoms with E-state index in [0.29, 0.717) is 11.1 Å². The van der Waals surface area contributed by atoms with Gasteiger partial charge in [-0.25, -0.2) is 0 Å². The molecule has 2 rings (SSSR count). The van der Waals surface area contributed by atoms with Crippen molar-refractivity contribution in [3.8, 4) is 0 Å². The van der Waals surface area contributed by atoms with E-state index in [-0.39, 0.29) is 39.5 Å². The fraction of sp³-hybridized carbons (Fsp3) is 0.364. The standard InChI is InChI=1S/2C11H14N2O3.Ni/c2*1-2-3-6-12-8-9-7-10(13(15)16)4-5-11(9)14;/h2*4-5,7-8,12H,2-3,6H2,1H3;/b2*9-8-;. The van der Waals surface area contributed by atoms with Gasteiger partial charge in [-0.05, 0) is 25.0 Å². The molecule has 182 valence electrons. The third kappa shape index (κ3) is 11.2. The molecule has 0 unspecified atom stereocenters. The number of hydrogen-bond donors (Lipinski definition) is 2. The average Bonchev–Trinajstić information content (AvgIpc) is 2.76. The van der Waals surface area contributed by atoms with Crippen molar-refractivity contribution >= 4 is 11.6 Å². The number of carbonyl (C=O) groups is 2. The van der Waals surface area contributed by atoms with E-state index in [1.165, 1.54) is 48.9 Å². The van der Waals surface area contributed by atoms with Gasteiger partial charge in [0.15, 0.2) is 11.6 Å². The van der Waals surface area contributed by atoms with Gasteiger partial charge in [0, 0.05) is 77.4 Å².